The number of nitrogens with one attached hydrogen (secondary N) is 1. The van der Waals surface area contributed by atoms with Crippen molar-refractivity contribution in [3.8, 4) is 0 Å². The molecule has 0 aliphatic rings. The zero-order chi connectivity index (χ0) is 14.5. The lowest BCUT2D eigenvalue weighted by Crippen LogP contribution is -2.27. The first-order valence-electron chi connectivity index (χ1n) is 6.47. The van der Waals surface area contributed by atoms with E-state index in [1.54, 1.807) is 6.07 Å². The van der Waals surface area contributed by atoms with Crippen molar-refractivity contribution in [2.24, 2.45) is 0 Å². The Hall–Kier alpha value is -0.730. The Morgan fingerprint density at radius 3 is 2.30 bits per heavy atom. The first kappa shape index (κ1) is 15.7. The van der Waals surface area contributed by atoms with Crippen LogP contribution in [0.5, 0.6) is 0 Å². The quantitative estimate of drug-likeness (QED) is 0.778. The molecule has 0 heterocycles. The number of halogens is 3. The van der Waals surface area contributed by atoms with Crippen LogP contribution in [0, 0.1) is 0 Å². The molecular formula is C16H16Cl3N. The van der Waals surface area contributed by atoms with Crippen molar-refractivity contribution in [1.29, 1.82) is 0 Å². The fourth-order valence-corrected chi connectivity index (χ4v) is 2.63. The van der Waals surface area contributed by atoms with E-state index >= 15 is 0 Å². The average Bonchev–Trinajstić information content (AvgIpc) is 2.43. The zero-order valence-corrected chi connectivity index (χ0v) is 13.4. The molecule has 2 aromatic carbocycles. The van der Waals surface area contributed by atoms with Gasteiger partial charge in [0.2, 0.25) is 0 Å². The van der Waals surface area contributed by atoms with Crippen LogP contribution in [0.4, 0.5) is 0 Å². The maximum Gasteiger partial charge on any atom is 0.0637 e. The fraction of sp³-hybridized carbons (Fsp3) is 0.250. The predicted octanol–water partition coefficient (Wildman–Crippen LogP) is 5.37. The van der Waals surface area contributed by atoms with E-state index in [1.807, 2.05) is 36.4 Å². The van der Waals surface area contributed by atoms with Gasteiger partial charge in [-0.1, -0.05) is 65.1 Å². The lowest BCUT2D eigenvalue weighted by atomic mass is 10.1. The van der Waals surface area contributed by atoms with E-state index in [9.17, 15) is 0 Å². The number of rotatable bonds is 5. The van der Waals surface area contributed by atoms with Gasteiger partial charge < -0.3 is 5.32 Å². The highest BCUT2D eigenvalue weighted by Crippen LogP contribution is 2.25. The van der Waals surface area contributed by atoms with Crippen molar-refractivity contribution in [1.82, 2.24) is 5.32 Å². The van der Waals surface area contributed by atoms with Crippen LogP contribution in [0.15, 0.2) is 42.5 Å². The third kappa shape index (κ3) is 4.13. The van der Waals surface area contributed by atoms with Crippen LogP contribution < -0.4 is 5.32 Å². The summed E-state index contributed by atoms with van der Waals surface area (Å²) >= 11 is 18.3. The van der Waals surface area contributed by atoms with Gasteiger partial charge in [0.1, 0.15) is 0 Å². The second-order valence-electron chi connectivity index (χ2n) is 4.79. The topological polar surface area (TPSA) is 12.0 Å². The predicted molar refractivity (Wildman–Crippen MR) is 87.9 cm³/mol. The van der Waals surface area contributed by atoms with Gasteiger partial charge in [-0.15, -0.1) is 0 Å². The number of hydrogen-bond donors (Lipinski definition) is 1. The molecule has 0 aliphatic heterocycles. The molecule has 0 spiro atoms. The second kappa shape index (κ2) is 7.33. The SMILES string of the molecule is CC(Cc1ccccc1Cl)NCc1cccc(Cl)c1Cl. The van der Waals surface area contributed by atoms with Crippen LogP contribution in [0.2, 0.25) is 15.1 Å². The van der Waals surface area contributed by atoms with Crippen molar-refractivity contribution in [2.75, 3.05) is 0 Å². The molecule has 2 aromatic rings. The minimum atomic E-state index is 0.296. The molecule has 0 amide bonds. The maximum atomic E-state index is 6.17. The minimum absolute atomic E-state index is 0.296. The monoisotopic (exact) mass is 327 g/mol. The lowest BCUT2D eigenvalue weighted by molar-refractivity contribution is 0.545. The molecule has 0 fully saturated rings. The van der Waals surface area contributed by atoms with Gasteiger partial charge in [-0.2, -0.15) is 0 Å². The molecular weight excluding hydrogens is 313 g/mol. The normalized spacial score (nSPS) is 12.4. The highest BCUT2D eigenvalue weighted by atomic mass is 35.5. The summed E-state index contributed by atoms with van der Waals surface area (Å²) in [6.07, 6.45) is 0.873. The Morgan fingerprint density at radius 1 is 0.900 bits per heavy atom. The van der Waals surface area contributed by atoms with Gasteiger partial charge >= 0.3 is 0 Å². The summed E-state index contributed by atoms with van der Waals surface area (Å²) in [6, 6.07) is 13.9. The molecule has 106 valence electrons. The van der Waals surface area contributed by atoms with Crippen molar-refractivity contribution < 1.29 is 0 Å². The van der Waals surface area contributed by atoms with E-state index in [0.717, 1.165) is 22.6 Å². The summed E-state index contributed by atoms with van der Waals surface area (Å²) < 4.78 is 0. The molecule has 0 bridgehead atoms. The Morgan fingerprint density at radius 2 is 1.55 bits per heavy atom. The van der Waals surface area contributed by atoms with Crippen LogP contribution in [-0.2, 0) is 13.0 Å². The zero-order valence-electron chi connectivity index (χ0n) is 11.2. The third-order valence-electron chi connectivity index (χ3n) is 3.16. The van der Waals surface area contributed by atoms with Crippen LogP contribution >= 0.6 is 34.8 Å². The molecule has 0 saturated heterocycles. The maximum absolute atomic E-state index is 6.17. The largest absolute Gasteiger partial charge is 0.310 e. The highest BCUT2D eigenvalue weighted by molar-refractivity contribution is 6.42. The van der Waals surface area contributed by atoms with E-state index in [0.29, 0.717) is 22.6 Å². The van der Waals surface area contributed by atoms with Crippen LogP contribution in [-0.4, -0.2) is 6.04 Å². The Labute approximate surface area is 134 Å². The van der Waals surface area contributed by atoms with Gasteiger partial charge in [0.25, 0.3) is 0 Å². The summed E-state index contributed by atoms with van der Waals surface area (Å²) in [5.74, 6) is 0. The highest BCUT2D eigenvalue weighted by Gasteiger charge is 2.08. The Kier molecular flexibility index (Phi) is 5.74. The molecule has 0 saturated carbocycles. The molecule has 1 nitrogen and oxygen atoms in total. The van der Waals surface area contributed by atoms with Crippen LogP contribution in [0.25, 0.3) is 0 Å². The molecule has 1 unspecified atom stereocenters. The molecule has 0 aromatic heterocycles. The van der Waals surface area contributed by atoms with E-state index in [1.165, 1.54) is 0 Å². The number of hydrogen-bond acceptors (Lipinski definition) is 1. The standard InChI is InChI=1S/C16H16Cl3N/c1-11(9-12-5-2-3-7-14(12)17)20-10-13-6-4-8-15(18)16(13)19/h2-8,11,20H,9-10H2,1H3. The average molecular weight is 329 g/mol. The Bertz CT molecular complexity index is 584. The third-order valence-corrected chi connectivity index (χ3v) is 4.38. The number of benzene rings is 2. The molecule has 0 aliphatic carbocycles. The van der Waals surface area contributed by atoms with E-state index in [4.69, 9.17) is 34.8 Å². The fourth-order valence-electron chi connectivity index (χ4n) is 2.04. The Balaban J connectivity index is 1.94. The summed E-state index contributed by atoms with van der Waals surface area (Å²) in [5, 5.41) is 5.45. The van der Waals surface area contributed by atoms with Gasteiger partial charge in [0, 0.05) is 17.6 Å². The summed E-state index contributed by atoms with van der Waals surface area (Å²) in [5.41, 5.74) is 2.15. The molecule has 0 radical (unpaired) electrons. The van der Waals surface area contributed by atoms with Crippen molar-refractivity contribution >= 4 is 34.8 Å². The molecule has 2 rings (SSSR count). The van der Waals surface area contributed by atoms with Crippen LogP contribution in [0.3, 0.4) is 0 Å². The molecule has 4 heteroatoms. The van der Waals surface area contributed by atoms with Gasteiger partial charge in [-0.25, -0.2) is 0 Å². The summed E-state index contributed by atoms with van der Waals surface area (Å²) in [7, 11) is 0. The van der Waals surface area contributed by atoms with Crippen molar-refractivity contribution in [2.45, 2.75) is 25.9 Å². The van der Waals surface area contributed by atoms with Crippen molar-refractivity contribution in [3.05, 3.63) is 68.7 Å². The summed E-state index contributed by atoms with van der Waals surface area (Å²) in [4.78, 5) is 0. The van der Waals surface area contributed by atoms with Gasteiger partial charge in [0.15, 0.2) is 0 Å². The minimum Gasteiger partial charge on any atom is -0.310 e. The van der Waals surface area contributed by atoms with Gasteiger partial charge in [0.05, 0.1) is 10.0 Å². The van der Waals surface area contributed by atoms with Gasteiger partial charge in [-0.3, -0.25) is 0 Å². The van der Waals surface area contributed by atoms with E-state index in [-0.39, 0.29) is 0 Å². The van der Waals surface area contributed by atoms with E-state index < -0.39 is 0 Å². The molecule has 1 atom stereocenters. The van der Waals surface area contributed by atoms with Gasteiger partial charge in [-0.05, 0) is 36.6 Å². The summed E-state index contributed by atoms with van der Waals surface area (Å²) in [6.45, 7) is 2.81. The van der Waals surface area contributed by atoms with Crippen LogP contribution in [0.1, 0.15) is 18.1 Å². The first-order valence-corrected chi connectivity index (χ1v) is 7.61. The van der Waals surface area contributed by atoms with Crippen molar-refractivity contribution in [3.63, 3.8) is 0 Å². The smallest absolute Gasteiger partial charge is 0.0637 e. The molecule has 20 heavy (non-hydrogen) atoms. The lowest BCUT2D eigenvalue weighted by Gasteiger charge is -2.15. The first-order chi connectivity index (χ1) is 9.58. The second-order valence-corrected chi connectivity index (χ2v) is 5.98. The van der Waals surface area contributed by atoms with E-state index in [2.05, 4.69) is 12.2 Å². The molecule has 1 N–H and O–H groups in total.